The normalized spacial score (nSPS) is 15.9. The van der Waals surface area contributed by atoms with Gasteiger partial charge in [0.1, 0.15) is 11.5 Å². The Morgan fingerprint density at radius 2 is 0.900 bits per heavy atom. The van der Waals surface area contributed by atoms with Gasteiger partial charge in [-0.15, -0.1) is 0 Å². The number of hydrogen-bond acceptors (Lipinski definition) is 4. The Morgan fingerprint density at radius 3 is 1.27 bits per heavy atom. The van der Waals surface area contributed by atoms with E-state index in [1.807, 2.05) is 48.5 Å². The zero-order chi connectivity index (χ0) is 27.5. The Kier molecular flexibility index (Phi) is 14.4. The van der Waals surface area contributed by atoms with Crippen LogP contribution < -0.4 is 0 Å². The third-order valence-electron chi connectivity index (χ3n) is 7.69. The quantitative estimate of drug-likeness (QED) is 0.241. The minimum Gasteiger partial charge on any atom is 0 e. The average molecular weight is 683 g/mol. The number of rotatable bonds is 4. The summed E-state index contributed by atoms with van der Waals surface area (Å²) in [5.41, 5.74) is 2.16. The Balaban J connectivity index is 0.000000197. The monoisotopic (exact) mass is 680 g/mol. The summed E-state index contributed by atoms with van der Waals surface area (Å²) in [6.45, 7) is 6.36. The first kappa shape index (κ1) is 33.0. The predicted molar refractivity (Wildman–Crippen MR) is 152 cm³/mol. The topological polar surface area (TPSA) is 46.9 Å². The van der Waals surface area contributed by atoms with Crippen LogP contribution in [-0.4, -0.2) is 46.2 Å². The molecule has 0 amide bonds. The van der Waals surface area contributed by atoms with E-state index in [0.717, 1.165) is 63.5 Å². The van der Waals surface area contributed by atoms with Crippen LogP contribution in [0.15, 0.2) is 72.8 Å². The number of piperidine rings is 2. The molecule has 1 radical (unpaired) electrons. The maximum absolute atomic E-state index is 10.1. The average Bonchev–Trinajstić information content (AvgIpc) is 2.98. The van der Waals surface area contributed by atoms with Gasteiger partial charge in [0.15, 0.2) is 0 Å². The van der Waals surface area contributed by atoms with Crippen molar-refractivity contribution in [3.05, 3.63) is 83.9 Å². The fourth-order valence-corrected chi connectivity index (χ4v) is 5.66. The smallest absolute Gasteiger partial charge is 0 e. The van der Waals surface area contributed by atoms with Crippen LogP contribution in [0, 0.1) is 20.2 Å². The second-order valence-corrected chi connectivity index (χ2v) is 12.1. The van der Waals surface area contributed by atoms with Crippen molar-refractivity contribution in [3.8, 4) is 11.5 Å². The standard InChI is InChI=1S/2C16H19NO.2ClH.2Cu/c2*18-16-9-8-13-6-2-3-7-14(13)15(16)12-17-10-4-1-5-11-17;;;;/h2*2-3,6-9,18H,1,4-5,10-12H2;2*1H;;/q;;;;;+2. The summed E-state index contributed by atoms with van der Waals surface area (Å²) in [5, 5.41) is 25.0. The SMILES string of the molecule is Oc1ccc2ccccc2c1CN1CCCCC1.Oc1ccc2ccccc2c1CN1CCCCC1.[ClH+][Cu][ClH+].[Cu]. The van der Waals surface area contributed by atoms with Gasteiger partial charge in [0, 0.05) is 41.3 Å². The molecule has 6 rings (SSSR count). The minimum absolute atomic E-state index is 0. The molecule has 0 unspecified atom stereocenters. The van der Waals surface area contributed by atoms with Crippen molar-refractivity contribution in [2.24, 2.45) is 0 Å². The number of likely N-dealkylation sites (tertiary alicyclic amines) is 2. The van der Waals surface area contributed by atoms with Crippen LogP contribution in [0.3, 0.4) is 0 Å². The number of fused-ring (bicyclic) bond motifs is 2. The molecular weight excluding hydrogens is 642 g/mol. The van der Waals surface area contributed by atoms with Crippen molar-refractivity contribution in [3.63, 3.8) is 0 Å². The van der Waals surface area contributed by atoms with E-state index in [1.54, 1.807) is 0 Å². The molecule has 0 bridgehead atoms. The molecule has 2 aliphatic rings. The van der Waals surface area contributed by atoms with E-state index >= 15 is 0 Å². The van der Waals surface area contributed by atoms with E-state index in [-0.39, 0.29) is 17.1 Å². The molecule has 2 N–H and O–H groups in total. The molecule has 0 aromatic heterocycles. The molecule has 2 saturated heterocycles. The zero-order valence-corrected chi connectivity index (χ0v) is 26.1. The first-order chi connectivity index (χ1) is 19.1. The van der Waals surface area contributed by atoms with E-state index in [2.05, 4.69) is 54.3 Å². The van der Waals surface area contributed by atoms with Gasteiger partial charge in [-0.3, -0.25) is 9.80 Å². The summed E-state index contributed by atoms with van der Waals surface area (Å²) in [7, 11) is 8.23. The third-order valence-corrected chi connectivity index (χ3v) is 7.69. The first-order valence-corrected chi connectivity index (χ1v) is 16.6. The van der Waals surface area contributed by atoms with Gasteiger partial charge >= 0.3 is 33.3 Å². The van der Waals surface area contributed by atoms with Crippen molar-refractivity contribution in [2.45, 2.75) is 51.6 Å². The van der Waals surface area contributed by atoms with Crippen LogP contribution in [0.1, 0.15) is 49.7 Å². The van der Waals surface area contributed by atoms with E-state index in [9.17, 15) is 10.2 Å². The van der Waals surface area contributed by atoms with Crippen molar-refractivity contribution in [2.75, 3.05) is 26.2 Å². The summed E-state index contributed by atoms with van der Waals surface area (Å²) in [5.74, 6) is 0.860. The van der Waals surface area contributed by atoms with Gasteiger partial charge < -0.3 is 10.2 Å². The number of phenols is 2. The van der Waals surface area contributed by atoms with Crippen LogP contribution in [0.2, 0.25) is 0 Å². The number of hydrogen-bond donors (Lipinski definition) is 2. The van der Waals surface area contributed by atoms with Gasteiger partial charge in [0.05, 0.1) is 0 Å². The molecule has 40 heavy (non-hydrogen) atoms. The largest absolute Gasteiger partial charge is 0 e. The zero-order valence-electron chi connectivity index (χ0n) is 22.6. The van der Waals surface area contributed by atoms with Crippen LogP contribution in [0.5, 0.6) is 11.5 Å². The summed E-state index contributed by atoms with van der Waals surface area (Å²) < 4.78 is 0. The molecule has 2 heterocycles. The number of nitrogens with zero attached hydrogens (tertiary/aromatic N) is 2. The fraction of sp³-hybridized carbons (Fsp3) is 0.375. The minimum atomic E-state index is 0. The van der Waals surface area contributed by atoms with Crippen molar-refractivity contribution in [1.29, 1.82) is 0 Å². The van der Waals surface area contributed by atoms with Gasteiger partial charge in [-0.05, 0) is 85.5 Å². The van der Waals surface area contributed by atoms with E-state index < -0.39 is 0 Å². The summed E-state index contributed by atoms with van der Waals surface area (Å²) >= 11 is 0.979. The van der Waals surface area contributed by atoms with Gasteiger partial charge in [0.2, 0.25) is 0 Å². The maximum Gasteiger partial charge on any atom is 0 e. The summed E-state index contributed by atoms with van der Waals surface area (Å²) in [4.78, 5) is 4.90. The van der Waals surface area contributed by atoms with Crippen molar-refractivity contribution >= 4 is 21.5 Å². The molecule has 4 aromatic rings. The second kappa shape index (κ2) is 17.5. The van der Waals surface area contributed by atoms with Crippen LogP contribution in [-0.2, 0) is 43.3 Å². The molecule has 4 nitrogen and oxygen atoms in total. The maximum atomic E-state index is 10.1. The Hall–Kier alpha value is -1.46. The predicted octanol–water partition coefficient (Wildman–Crippen LogP) is 6.52. The number of halogens is 2. The Morgan fingerprint density at radius 1 is 0.550 bits per heavy atom. The van der Waals surface area contributed by atoms with Gasteiger partial charge in [-0.2, -0.15) is 0 Å². The number of aromatic hydroxyl groups is 2. The molecule has 2 aliphatic heterocycles. The first-order valence-electron chi connectivity index (χ1n) is 13.8. The molecule has 0 aliphatic carbocycles. The molecule has 0 saturated carbocycles. The van der Waals surface area contributed by atoms with Gasteiger partial charge in [-0.25, -0.2) is 0 Å². The number of phenolic OH excluding ortho intramolecular Hbond substituents is 2. The molecule has 0 atom stereocenters. The summed E-state index contributed by atoms with van der Waals surface area (Å²) in [6, 6.07) is 24.2. The molecule has 0 spiro atoms. The van der Waals surface area contributed by atoms with Crippen LogP contribution in [0.25, 0.3) is 21.5 Å². The van der Waals surface area contributed by atoms with E-state index in [0.29, 0.717) is 11.5 Å². The van der Waals surface area contributed by atoms with Crippen molar-refractivity contribution < 1.29 is 60.6 Å². The van der Waals surface area contributed by atoms with Crippen molar-refractivity contribution in [1.82, 2.24) is 9.80 Å². The van der Waals surface area contributed by atoms with Crippen LogP contribution in [0.4, 0.5) is 0 Å². The third kappa shape index (κ3) is 9.27. The fourth-order valence-electron chi connectivity index (χ4n) is 5.66. The second-order valence-electron chi connectivity index (χ2n) is 10.3. The van der Waals surface area contributed by atoms with Gasteiger partial charge in [-0.1, -0.05) is 73.5 Å². The Labute approximate surface area is 263 Å². The van der Waals surface area contributed by atoms with Crippen LogP contribution >= 0.6 is 0 Å². The molecule has 2 fully saturated rings. The van der Waals surface area contributed by atoms with E-state index in [1.165, 1.54) is 60.1 Å². The van der Waals surface area contributed by atoms with Gasteiger partial charge in [0.25, 0.3) is 0 Å². The number of benzene rings is 4. The molecular formula is C32H40Cl2Cu2N2O2+2. The molecule has 4 aromatic carbocycles. The van der Waals surface area contributed by atoms with E-state index in [4.69, 9.17) is 0 Å². The summed E-state index contributed by atoms with van der Waals surface area (Å²) in [6.07, 6.45) is 7.82. The molecule has 224 valence electrons. The Bertz CT molecular complexity index is 1230. The molecule has 8 heteroatoms.